The van der Waals surface area contributed by atoms with Crippen molar-refractivity contribution in [1.82, 2.24) is 15.0 Å². The second-order valence-electron chi connectivity index (χ2n) is 5.52. The third-order valence-electron chi connectivity index (χ3n) is 2.76. The Hall–Kier alpha value is -1.49. The van der Waals surface area contributed by atoms with E-state index < -0.39 is 0 Å². The maximum atomic E-state index is 12.0. The Morgan fingerprint density at radius 3 is 2.47 bits per heavy atom. The van der Waals surface area contributed by atoms with Crippen LogP contribution in [0.1, 0.15) is 32.2 Å². The topological polar surface area (TPSA) is 58.6 Å². The van der Waals surface area contributed by atoms with Crippen LogP contribution in [0.4, 0.5) is 0 Å². The van der Waals surface area contributed by atoms with Gasteiger partial charge in [0.05, 0.1) is 5.69 Å². The second kappa shape index (κ2) is 4.89. The van der Waals surface area contributed by atoms with Crippen LogP contribution in [0.2, 0.25) is 0 Å². The third kappa shape index (κ3) is 2.92. The van der Waals surface area contributed by atoms with Crippen LogP contribution in [0.3, 0.4) is 0 Å². The lowest BCUT2D eigenvalue weighted by molar-refractivity contribution is 0.562. The number of aryl methyl sites for hydroxylation is 1. The summed E-state index contributed by atoms with van der Waals surface area (Å²) in [5.74, 6) is 0.547. The molecule has 0 unspecified atom stereocenters. The zero-order chi connectivity index (χ0) is 14.2. The van der Waals surface area contributed by atoms with Crippen molar-refractivity contribution in [3.8, 4) is 11.4 Å². The van der Waals surface area contributed by atoms with Gasteiger partial charge in [0.2, 0.25) is 0 Å². The van der Waals surface area contributed by atoms with Crippen molar-refractivity contribution in [2.24, 2.45) is 0 Å². The predicted octanol–water partition coefficient (Wildman–Crippen LogP) is 3.20. The molecule has 0 aliphatic heterocycles. The van der Waals surface area contributed by atoms with Gasteiger partial charge >= 0.3 is 0 Å². The molecule has 0 atom stereocenters. The molecular formula is C14H16BrN3O. The van der Waals surface area contributed by atoms with Crippen LogP contribution >= 0.6 is 15.9 Å². The summed E-state index contributed by atoms with van der Waals surface area (Å²) in [6.07, 6.45) is 1.72. The lowest BCUT2D eigenvalue weighted by atomic mass is 9.92. The molecule has 1 N–H and O–H groups in total. The van der Waals surface area contributed by atoms with E-state index in [9.17, 15) is 4.79 Å². The summed E-state index contributed by atoms with van der Waals surface area (Å²) in [4.78, 5) is 23.5. The lowest BCUT2D eigenvalue weighted by Gasteiger charge is -2.19. The van der Waals surface area contributed by atoms with Gasteiger partial charge in [-0.15, -0.1) is 0 Å². The zero-order valence-electron chi connectivity index (χ0n) is 11.4. The number of aromatic nitrogens is 3. The fourth-order valence-corrected chi connectivity index (χ4v) is 2.48. The molecular weight excluding hydrogens is 306 g/mol. The van der Waals surface area contributed by atoms with Crippen LogP contribution in [0, 0.1) is 6.92 Å². The van der Waals surface area contributed by atoms with Crippen LogP contribution in [0.15, 0.2) is 27.6 Å². The van der Waals surface area contributed by atoms with E-state index >= 15 is 0 Å². The molecule has 0 bridgehead atoms. The average Bonchev–Trinajstić information content (AvgIpc) is 2.32. The number of aromatic amines is 1. The fraction of sp³-hybridized carbons (Fsp3) is 0.357. The zero-order valence-corrected chi connectivity index (χ0v) is 13.0. The summed E-state index contributed by atoms with van der Waals surface area (Å²) in [6.45, 7) is 7.99. The first-order valence-electron chi connectivity index (χ1n) is 6.02. The van der Waals surface area contributed by atoms with E-state index in [4.69, 9.17) is 0 Å². The number of hydrogen-bond donors (Lipinski definition) is 1. The highest BCUT2D eigenvalue weighted by Gasteiger charge is 2.22. The van der Waals surface area contributed by atoms with Crippen molar-refractivity contribution in [2.45, 2.75) is 33.1 Å². The van der Waals surface area contributed by atoms with Crippen LogP contribution in [-0.2, 0) is 5.41 Å². The summed E-state index contributed by atoms with van der Waals surface area (Å²) in [5.41, 5.74) is 2.10. The van der Waals surface area contributed by atoms with Crippen molar-refractivity contribution in [3.05, 3.63) is 44.5 Å². The molecule has 2 aromatic heterocycles. The van der Waals surface area contributed by atoms with E-state index in [-0.39, 0.29) is 11.0 Å². The third-order valence-corrected chi connectivity index (χ3v) is 3.49. The van der Waals surface area contributed by atoms with Gasteiger partial charge in [-0.25, -0.2) is 4.98 Å². The summed E-state index contributed by atoms with van der Waals surface area (Å²) < 4.78 is 0.490. The minimum absolute atomic E-state index is 0.171. The number of nitrogens with one attached hydrogen (secondary N) is 1. The number of halogens is 1. The first-order valence-corrected chi connectivity index (χ1v) is 6.81. The Bertz CT molecular complexity index is 654. The Labute approximate surface area is 120 Å². The fourth-order valence-electron chi connectivity index (χ4n) is 1.70. The molecule has 2 heterocycles. The van der Waals surface area contributed by atoms with Crippen LogP contribution in [0.25, 0.3) is 11.4 Å². The van der Waals surface area contributed by atoms with E-state index in [0.717, 1.165) is 17.0 Å². The van der Waals surface area contributed by atoms with Crippen molar-refractivity contribution >= 4 is 15.9 Å². The Balaban J connectivity index is 2.63. The molecule has 0 aromatic carbocycles. The van der Waals surface area contributed by atoms with Gasteiger partial charge in [-0.2, -0.15) is 0 Å². The van der Waals surface area contributed by atoms with E-state index in [1.54, 1.807) is 6.20 Å². The van der Waals surface area contributed by atoms with Gasteiger partial charge in [-0.05, 0) is 35.0 Å². The van der Waals surface area contributed by atoms with Crippen LogP contribution in [0.5, 0.6) is 0 Å². The maximum Gasteiger partial charge on any atom is 0.265 e. The van der Waals surface area contributed by atoms with E-state index in [2.05, 4.69) is 30.9 Å². The van der Waals surface area contributed by atoms with Crippen LogP contribution < -0.4 is 5.56 Å². The number of rotatable bonds is 1. The number of nitrogens with zero attached hydrogens (tertiary/aromatic N) is 2. The van der Waals surface area contributed by atoms with Gasteiger partial charge in [0.1, 0.15) is 10.3 Å². The molecule has 0 radical (unpaired) electrons. The summed E-state index contributed by atoms with van der Waals surface area (Å²) in [6, 6.07) is 3.80. The number of hydrogen-bond acceptors (Lipinski definition) is 3. The minimum atomic E-state index is -0.208. The SMILES string of the molecule is Cc1ccc(-c2nc(C(C)(C)C)c(Br)c(=O)[nH]2)cn1. The molecule has 5 heteroatoms. The van der Waals surface area contributed by atoms with Gasteiger partial charge in [0.15, 0.2) is 0 Å². The van der Waals surface area contributed by atoms with E-state index in [1.165, 1.54) is 0 Å². The molecule has 0 spiro atoms. The highest BCUT2D eigenvalue weighted by Crippen LogP contribution is 2.27. The number of pyridine rings is 1. The van der Waals surface area contributed by atoms with Crippen molar-refractivity contribution < 1.29 is 0 Å². The molecule has 2 rings (SSSR count). The molecule has 0 saturated carbocycles. The van der Waals surface area contributed by atoms with Crippen molar-refractivity contribution in [1.29, 1.82) is 0 Å². The quantitative estimate of drug-likeness (QED) is 0.877. The Kier molecular flexibility index (Phi) is 3.58. The average molecular weight is 322 g/mol. The van der Waals surface area contributed by atoms with Gasteiger partial charge in [-0.1, -0.05) is 20.8 Å². The van der Waals surface area contributed by atoms with Gasteiger partial charge in [-0.3, -0.25) is 9.78 Å². The molecule has 2 aromatic rings. The predicted molar refractivity (Wildman–Crippen MR) is 79.2 cm³/mol. The molecule has 100 valence electrons. The lowest BCUT2D eigenvalue weighted by Crippen LogP contribution is -2.22. The first kappa shape index (κ1) is 13.9. The highest BCUT2D eigenvalue weighted by atomic mass is 79.9. The van der Waals surface area contributed by atoms with Gasteiger partial charge < -0.3 is 4.98 Å². The van der Waals surface area contributed by atoms with Gasteiger partial charge in [0.25, 0.3) is 5.56 Å². The molecule has 0 aliphatic carbocycles. The molecule has 4 nitrogen and oxygen atoms in total. The normalized spacial score (nSPS) is 11.6. The highest BCUT2D eigenvalue weighted by molar-refractivity contribution is 9.10. The van der Waals surface area contributed by atoms with E-state index in [0.29, 0.717) is 10.3 Å². The van der Waals surface area contributed by atoms with E-state index in [1.807, 2.05) is 39.8 Å². The smallest absolute Gasteiger partial charge is 0.265 e. The molecule has 0 fully saturated rings. The summed E-state index contributed by atoms with van der Waals surface area (Å²) in [7, 11) is 0. The number of H-pyrrole nitrogens is 1. The Morgan fingerprint density at radius 1 is 1.26 bits per heavy atom. The Morgan fingerprint density at radius 2 is 1.95 bits per heavy atom. The first-order chi connectivity index (χ1) is 8.79. The molecule has 0 amide bonds. The molecule has 0 aliphatic rings. The monoisotopic (exact) mass is 321 g/mol. The second-order valence-corrected chi connectivity index (χ2v) is 6.31. The van der Waals surface area contributed by atoms with Crippen molar-refractivity contribution in [3.63, 3.8) is 0 Å². The minimum Gasteiger partial charge on any atom is -0.305 e. The van der Waals surface area contributed by atoms with Gasteiger partial charge in [0, 0.05) is 22.9 Å². The molecule has 0 saturated heterocycles. The van der Waals surface area contributed by atoms with Crippen molar-refractivity contribution in [2.75, 3.05) is 0 Å². The largest absolute Gasteiger partial charge is 0.305 e. The standard InChI is InChI=1S/C14H16BrN3O/c1-8-5-6-9(7-16-8)12-17-11(14(2,3)4)10(15)13(19)18-12/h5-7H,1-4H3,(H,17,18,19). The summed E-state index contributed by atoms with van der Waals surface area (Å²) >= 11 is 3.31. The summed E-state index contributed by atoms with van der Waals surface area (Å²) in [5, 5.41) is 0. The maximum absolute atomic E-state index is 12.0. The van der Waals surface area contributed by atoms with Crippen LogP contribution in [-0.4, -0.2) is 15.0 Å². The molecule has 19 heavy (non-hydrogen) atoms.